The van der Waals surface area contributed by atoms with Gasteiger partial charge in [0.25, 0.3) is 0 Å². The highest BCUT2D eigenvalue weighted by atomic mass is 16.8. The molecule has 0 radical (unpaired) electrons. The number of hydrogen-bond acceptors (Lipinski definition) is 10. The fourth-order valence-corrected chi connectivity index (χ4v) is 5.62. The van der Waals surface area contributed by atoms with Gasteiger partial charge in [-0.1, -0.05) is 76.2 Å². The Morgan fingerprint density at radius 1 is 0.717 bits per heavy atom. The summed E-state index contributed by atoms with van der Waals surface area (Å²) in [6.07, 6.45) is 0.121. The molecule has 0 N–H and O–H groups in total. The van der Waals surface area contributed by atoms with Crippen LogP contribution < -0.4 is 0 Å². The van der Waals surface area contributed by atoms with Crippen LogP contribution >= 0.6 is 0 Å². The zero-order valence-corrected chi connectivity index (χ0v) is 25.9. The van der Waals surface area contributed by atoms with E-state index in [1.54, 1.807) is 16.5 Å². The van der Waals surface area contributed by atoms with Crippen LogP contribution in [0.3, 0.4) is 0 Å². The third-order valence-electron chi connectivity index (χ3n) is 8.11. The number of nitrogens with zero attached hydrogens (tertiary/aromatic N) is 6. The summed E-state index contributed by atoms with van der Waals surface area (Å²) in [5.41, 5.74) is 6.36. The fraction of sp³-hybridized carbons (Fsp3) is 0.353. The van der Waals surface area contributed by atoms with Crippen molar-refractivity contribution in [1.29, 1.82) is 0 Å². The molecule has 0 bridgehead atoms. The van der Waals surface area contributed by atoms with E-state index in [2.05, 4.69) is 20.6 Å². The summed E-state index contributed by atoms with van der Waals surface area (Å²) < 4.78 is 41.2. The van der Waals surface area contributed by atoms with Crippen molar-refractivity contribution in [2.75, 3.05) is 13.7 Å². The Labute approximate surface area is 266 Å². The summed E-state index contributed by atoms with van der Waals surface area (Å²) in [7, 11) is 1.58. The van der Waals surface area contributed by atoms with E-state index in [1.807, 2.05) is 105 Å². The van der Waals surface area contributed by atoms with Crippen molar-refractivity contribution in [1.82, 2.24) is 30.0 Å². The summed E-state index contributed by atoms with van der Waals surface area (Å²) in [6, 6.07) is 25.9. The van der Waals surface area contributed by atoms with Gasteiger partial charge in [-0.25, -0.2) is 9.36 Å². The van der Waals surface area contributed by atoms with Crippen LogP contribution in [0.2, 0.25) is 0 Å². The van der Waals surface area contributed by atoms with E-state index in [0.29, 0.717) is 18.0 Å². The maximum absolute atomic E-state index is 6.59. The molecular formula is C34H36N6O6. The topological polar surface area (TPSA) is 117 Å². The predicted molar refractivity (Wildman–Crippen MR) is 165 cm³/mol. The van der Waals surface area contributed by atoms with Crippen LogP contribution in [0.4, 0.5) is 0 Å². The monoisotopic (exact) mass is 624 g/mol. The van der Waals surface area contributed by atoms with Crippen LogP contribution in [-0.4, -0.2) is 74.4 Å². The molecular weight excluding hydrogens is 588 g/mol. The third kappa shape index (κ3) is 6.63. The average Bonchev–Trinajstić information content (AvgIpc) is 3.77. The number of aryl methyl sites for hydroxylation is 2. The lowest BCUT2D eigenvalue weighted by atomic mass is 9.97. The first-order valence-corrected chi connectivity index (χ1v) is 15.2. The third-order valence-corrected chi connectivity index (χ3v) is 8.11. The molecule has 0 saturated carbocycles. The Morgan fingerprint density at radius 2 is 1.28 bits per heavy atom. The molecule has 5 aromatic rings. The van der Waals surface area contributed by atoms with Gasteiger partial charge in [0.05, 0.1) is 43.6 Å². The lowest BCUT2D eigenvalue weighted by Crippen LogP contribution is -2.63. The lowest BCUT2D eigenvalue weighted by molar-refractivity contribution is -0.369. The van der Waals surface area contributed by atoms with Crippen molar-refractivity contribution in [3.05, 3.63) is 119 Å². The highest BCUT2D eigenvalue weighted by molar-refractivity contribution is 5.34. The Hall–Kier alpha value is -4.30. The van der Waals surface area contributed by atoms with Crippen molar-refractivity contribution in [2.45, 2.75) is 64.1 Å². The summed E-state index contributed by atoms with van der Waals surface area (Å²) >= 11 is 0. The van der Waals surface area contributed by atoms with Gasteiger partial charge in [-0.05, 0) is 38.1 Å². The predicted octanol–water partition coefficient (Wildman–Crippen LogP) is 4.42. The molecule has 12 nitrogen and oxygen atoms in total. The molecule has 2 aliphatic rings. The van der Waals surface area contributed by atoms with Crippen molar-refractivity contribution in [3.63, 3.8) is 0 Å². The van der Waals surface area contributed by atoms with Gasteiger partial charge in [0.1, 0.15) is 35.8 Å². The van der Waals surface area contributed by atoms with Crippen molar-refractivity contribution >= 4 is 0 Å². The first kappa shape index (κ1) is 30.4. The minimum absolute atomic E-state index is 0.152. The van der Waals surface area contributed by atoms with Gasteiger partial charge in [-0.2, -0.15) is 0 Å². The van der Waals surface area contributed by atoms with E-state index >= 15 is 0 Å². The minimum Gasteiger partial charge on any atom is -0.366 e. The molecule has 6 atom stereocenters. The van der Waals surface area contributed by atoms with E-state index < -0.39 is 37.0 Å². The number of aromatic nitrogens is 6. The van der Waals surface area contributed by atoms with E-state index in [-0.39, 0.29) is 13.2 Å². The SMILES string of the molecule is CO[C@H]1O[C@@H]2CO[C@@H](c3ccccc3)O[C@H]2[C@H](OCc2cn(-c3ccc(C)cc3)nn2)[C@H]1OCc1cn(-c2ccc(C)cc2)nn1. The highest BCUT2D eigenvalue weighted by Gasteiger charge is 2.51. The van der Waals surface area contributed by atoms with Crippen LogP contribution in [0.1, 0.15) is 34.4 Å². The standard InChI is InChI=1S/C34H36N6O6/c1-22-9-13-27(14-10-22)39-17-25(35-37-39)19-42-31-30-29(21-44-33(46-30)24-7-5-4-6-8-24)45-34(41-3)32(31)43-20-26-18-40(38-36-26)28-15-11-23(2)12-16-28/h4-18,29-34H,19-21H2,1-3H3/t29-,30-,31+,32-,33-,34+/m1/s1. The number of fused-ring (bicyclic) bond motifs is 1. The quantitative estimate of drug-likeness (QED) is 0.221. The van der Waals surface area contributed by atoms with Gasteiger partial charge in [-0.3, -0.25) is 0 Å². The van der Waals surface area contributed by atoms with Gasteiger partial charge in [0.15, 0.2) is 12.6 Å². The van der Waals surface area contributed by atoms with Gasteiger partial charge in [0.2, 0.25) is 0 Å². The average molecular weight is 625 g/mol. The van der Waals surface area contributed by atoms with Crippen LogP contribution in [0.25, 0.3) is 11.4 Å². The molecule has 2 aromatic heterocycles. The van der Waals surface area contributed by atoms with Gasteiger partial charge >= 0.3 is 0 Å². The largest absolute Gasteiger partial charge is 0.366 e. The Bertz CT molecular complexity index is 1710. The van der Waals surface area contributed by atoms with E-state index in [4.69, 9.17) is 28.4 Å². The summed E-state index contributed by atoms with van der Waals surface area (Å²) in [5.74, 6) is 0. The van der Waals surface area contributed by atoms with Crippen molar-refractivity contribution in [2.24, 2.45) is 0 Å². The minimum atomic E-state index is -0.748. The number of benzene rings is 3. The first-order chi connectivity index (χ1) is 22.5. The molecule has 46 heavy (non-hydrogen) atoms. The molecule has 2 fully saturated rings. The second-order valence-corrected chi connectivity index (χ2v) is 11.5. The van der Waals surface area contributed by atoms with Crippen LogP contribution in [0, 0.1) is 13.8 Å². The summed E-state index contributed by atoms with van der Waals surface area (Å²) in [4.78, 5) is 0. The number of hydrogen-bond donors (Lipinski definition) is 0. The second-order valence-electron chi connectivity index (χ2n) is 11.5. The summed E-state index contributed by atoms with van der Waals surface area (Å²) in [5, 5.41) is 17.3. The number of ether oxygens (including phenoxy) is 6. The van der Waals surface area contributed by atoms with Crippen molar-refractivity contribution in [3.8, 4) is 11.4 Å². The van der Waals surface area contributed by atoms with E-state index in [9.17, 15) is 0 Å². The van der Waals surface area contributed by atoms with E-state index in [1.165, 1.54) is 11.1 Å². The maximum Gasteiger partial charge on any atom is 0.186 e. The smallest absolute Gasteiger partial charge is 0.186 e. The molecule has 0 spiro atoms. The Kier molecular flexibility index (Phi) is 8.97. The molecule has 4 heterocycles. The molecule has 3 aromatic carbocycles. The zero-order chi connectivity index (χ0) is 31.5. The van der Waals surface area contributed by atoms with Crippen LogP contribution in [0.5, 0.6) is 0 Å². The number of methoxy groups -OCH3 is 1. The molecule has 2 aliphatic heterocycles. The molecule has 7 rings (SSSR count). The van der Waals surface area contributed by atoms with Gasteiger partial charge in [0, 0.05) is 12.7 Å². The van der Waals surface area contributed by atoms with Crippen molar-refractivity contribution < 1.29 is 28.4 Å². The first-order valence-electron chi connectivity index (χ1n) is 15.2. The second kappa shape index (κ2) is 13.6. The Balaban J connectivity index is 1.12. The van der Waals surface area contributed by atoms with Crippen LogP contribution in [-0.2, 0) is 41.6 Å². The molecule has 238 valence electrons. The molecule has 0 unspecified atom stereocenters. The molecule has 0 aliphatic carbocycles. The van der Waals surface area contributed by atoms with E-state index in [0.717, 1.165) is 16.9 Å². The molecule has 12 heteroatoms. The van der Waals surface area contributed by atoms with Gasteiger partial charge in [-0.15, -0.1) is 10.2 Å². The lowest BCUT2D eigenvalue weighted by Gasteiger charge is -2.48. The van der Waals surface area contributed by atoms with Crippen LogP contribution in [0.15, 0.2) is 91.3 Å². The Morgan fingerprint density at radius 3 is 1.85 bits per heavy atom. The van der Waals surface area contributed by atoms with Gasteiger partial charge < -0.3 is 28.4 Å². The fourth-order valence-electron chi connectivity index (χ4n) is 5.62. The summed E-state index contributed by atoms with van der Waals surface area (Å²) in [6.45, 7) is 4.71. The number of rotatable bonds is 10. The molecule has 0 amide bonds. The highest BCUT2D eigenvalue weighted by Crippen LogP contribution is 2.37. The zero-order valence-electron chi connectivity index (χ0n) is 25.9. The normalized spacial score (nSPS) is 24.5. The maximum atomic E-state index is 6.59. The molecule has 2 saturated heterocycles.